The number of carbonyl (C=O) groups is 1. The highest BCUT2D eigenvalue weighted by atomic mass is 16.5. The van der Waals surface area contributed by atoms with Gasteiger partial charge in [0.05, 0.1) is 12.2 Å². The molecule has 0 unspecified atom stereocenters. The van der Waals surface area contributed by atoms with Gasteiger partial charge in [0.15, 0.2) is 0 Å². The smallest absolute Gasteiger partial charge is 0.338 e. The fourth-order valence-electron chi connectivity index (χ4n) is 1.10. The van der Waals surface area contributed by atoms with Gasteiger partial charge in [-0.15, -0.1) is 0 Å². The lowest BCUT2D eigenvalue weighted by atomic mass is 10.1. The minimum absolute atomic E-state index is 0.0149. The molecular weight excluding hydrogens is 208 g/mol. The van der Waals surface area contributed by atoms with Crippen molar-refractivity contribution >= 4 is 11.5 Å². The number of carbonyl (C=O) groups excluding carboxylic acids is 1. The van der Waals surface area contributed by atoms with Crippen molar-refractivity contribution in [3.63, 3.8) is 0 Å². The summed E-state index contributed by atoms with van der Waals surface area (Å²) >= 11 is 0. The molecule has 4 nitrogen and oxygen atoms in total. The van der Waals surface area contributed by atoms with Crippen LogP contribution in [0.2, 0.25) is 0 Å². The number of phenols is 1. The molecule has 0 aromatic heterocycles. The molecule has 0 aliphatic heterocycles. The number of ether oxygens (including phenoxy) is 1. The number of hydrogen-bond acceptors (Lipinski definition) is 4. The second-order valence-corrected chi connectivity index (χ2v) is 3.24. The van der Waals surface area contributed by atoms with Gasteiger partial charge in [-0.3, -0.25) is 0 Å². The van der Waals surface area contributed by atoms with Crippen LogP contribution >= 0.6 is 0 Å². The van der Waals surface area contributed by atoms with E-state index >= 15 is 0 Å². The van der Waals surface area contributed by atoms with Crippen molar-refractivity contribution < 1.29 is 19.7 Å². The van der Waals surface area contributed by atoms with Crippen molar-refractivity contribution in [1.29, 1.82) is 0 Å². The Kier molecular flexibility index (Phi) is 4.54. The Hall–Kier alpha value is -1.81. The zero-order chi connectivity index (χ0) is 12.0. The van der Waals surface area contributed by atoms with Crippen LogP contribution in [0.1, 0.15) is 12.0 Å². The van der Waals surface area contributed by atoms with Gasteiger partial charge >= 0.3 is 5.97 Å². The Bertz CT molecular complexity index is 367. The minimum Gasteiger partial charge on any atom is -0.508 e. The molecule has 0 saturated heterocycles. The van der Waals surface area contributed by atoms with E-state index in [1.54, 1.807) is 12.1 Å². The molecule has 16 heavy (non-hydrogen) atoms. The summed E-state index contributed by atoms with van der Waals surface area (Å²) in [6.07, 6.45) is 0.411. The van der Waals surface area contributed by atoms with E-state index < -0.39 is 5.97 Å². The maximum absolute atomic E-state index is 11.4. The molecule has 0 atom stereocenters. The largest absolute Gasteiger partial charge is 0.508 e. The Labute approximate surface area is 93.8 Å². The van der Waals surface area contributed by atoms with Gasteiger partial charge < -0.3 is 14.9 Å². The number of aliphatic hydroxyl groups excluding tert-OH is 1. The normalized spacial score (nSPS) is 9.81. The molecule has 0 spiro atoms. The number of hydrogen-bond donors (Lipinski definition) is 2. The second-order valence-electron chi connectivity index (χ2n) is 3.24. The fourth-order valence-corrected chi connectivity index (χ4v) is 1.10. The van der Waals surface area contributed by atoms with E-state index in [0.29, 0.717) is 12.0 Å². The van der Waals surface area contributed by atoms with Crippen LogP contribution in [0.25, 0.3) is 5.57 Å². The van der Waals surface area contributed by atoms with Crippen LogP contribution in [0, 0.1) is 0 Å². The summed E-state index contributed by atoms with van der Waals surface area (Å²) in [5.74, 6) is -0.385. The van der Waals surface area contributed by atoms with Crippen LogP contribution in [0.4, 0.5) is 0 Å². The second kappa shape index (κ2) is 5.92. The zero-order valence-electron chi connectivity index (χ0n) is 8.85. The first-order chi connectivity index (χ1) is 7.65. The summed E-state index contributed by atoms with van der Waals surface area (Å²) in [7, 11) is 0. The van der Waals surface area contributed by atoms with Gasteiger partial charge in [0, 0.05) is 13.0 Å². The van der Waals surface area contributed by atoms with E-state index in [9.17, 15) is 4.79 Å². The molecule has 0 saturated carbocycles. The number of aliphatic hydroxyl groups is 1. The summed E-state index contributed by atoms with van der Waals surface area (Å²) in [4.78, 5) is 11.4. The van der Waals surface area contributed by atoms with Gasteiger partial charge in [0.1, 0.15) is 5.75 Å². The maximum atomic E-state index is 11.4. The van der Waals surface area contributed by atoms with E-state index in [4.69, 9.17) is 14.9 Å². The predicted octanol–water partition coefficient (Wildman–Crippen LogP) is 1.33. The van der Waals surface area contributed by atoms with Crippen molar-refractivity contribution in [3.05, 3.63) is 36.4 Å². The fraction of sp³-hybridized carbons (Fsp3) is 0.250. The molecule has 0 fully saturated rings. The number of aromatic hydroxyl groups is 1. The predicted molar refractivity (Wildman–Crippen MR) is 59.8 cm³/mol. The molecule has 0 bridgehead atoms. The number of esters is 1. The molecule has 1 aromatic rings. The molecule has 0 amide bonds. The lowest BCUT2D eigenvalue weighted by Crippen LogP contribution is -2.08. The molecule has 0 aliphatic carbocycles. The maximum Gasteiger partial charge on any atom is 0.338 e. The molecule has 86 valence electrons. The summed E-state index contributed by atoms with van der Waals surface area (Å²) < 4.78 is 4.87. The topological polar surface area (TPSA) is 66.8 Å². The molecular formula is C12H14O4. The summed E-state index contributed by atoms with van der Waals surface area (Å²) in [5.41, 5.74) is 0.838. The van der Waals surface area contributed by atoms with Crippen LogP contribution in [0.15, 0.2) is 30.8 Å². The highest BCUT2D eigenvalue weighted by Crippen LogP contribution is 2.17. The Balaban J connectivity index is 2.57. The van der Waals surface area contributed by atoms with Crippen LogP contribution in [-0.2, 0) is 9.53 Å². The molecule has 0 radical (unpaired) electrons. The molecule has 0 heterocycles. The third-order valence-corrected chi connectivity index (χ3v) is 2.00. The quantitative estimate of drug-likeness (QED) is 0.448. The van der Waals surface area contributed by atoms with E-state index in [1.807, 2.05) is 0 Å². The van der Waals surface area contributed by atoms with E-state index in [0.717, 1.165) is 0 Å². The van der Waals surface area contributed by atoms with E-state index in [1.165, 1.54) is 12.1 Å². The van der Waals surface area contributed by atoms with Crippen LogP contribution in [0.3, 0.4) is 0 Å². The number of phenolic OH excluding ortho intramolecular Hbond substituents is 1. The van der Waals surface area contributed by atoms with Gasteiger partial charge in [-0.25, -0.2) is 4.79 Å². The van der Waals surface area contributed by atoms with Gasteiger partial charge in [-0.05, 0) is 17.7 Å². The molecule has 0 aliphatic rings. The highest BCUT2D eigenvalue weighted by Gasteiger charge is 2.10. The lowest BCUT2D eigenvalue weighted by Gasteiger charge is -2.06. The standard InChI is InChI=1S/C12H14O4/c1-9(12(15)16-8-2-7-13)10-3-5-11(14)6-4-10/h3-6,13-14H,1-2,7-8H2. The molecule has 1 aromatic carbocycles. The van der Waals surface area contributed by atoms with Crippen molar-refractivity contribution in [2.24, 2.45) is 0 Å². The minimum atomic E-state index is -0.515. The number of rotatable bonds is 5. The molecule has 4 heteroatoms. The first kappa shape index (κ1) is 12.3. The van der Waals surface area contributed by atoms with Gasteiger partial charge in [-0.1, -0.05) is 18.7 Å². The van der Waals surface area contributed by atoms with E-state index in [-0.39, 0.29) is 24.5 Å². The average Bonchev–Trinajstić information content (AvgIpc) is 2.29. The number of benzene rings is 1. The van der Waals surface area contributed by atoms with Gasteiger partial charge in [0.2, 0.25) is 0 Å². The first-order valence-corrected chi connectivity index (χ1v) is 4.91. The van der Waals surface area contributed by atoms with Gasteiger partial charge in [0.25, 0.3) is 0 Å². The third kappa shape index (κ3) is 3.40. The van der Waals surface area contributed by atoms with Crippen molar-refractivity contribution in [2.75, 3.05) is 13.2 Å². The van der Waals surface area contributed by atoms with Crippen molar-refractivity contribution in [2.45, 2.75) is 6.42 Å². The molecule has 2 N–H and O–H groups in total. The zero-order valence-corrected chi connectivity index (χ0v) is 8.85. The van der Waals surface area contributed by atoms with Crippen molar-refractivity contribution in [3.8, 4) is 5.75 Å². The summed E-state index contributed by atoms with van der Waals surface area (Å²) in [6.45, 7) is 3.77. The van der Waals surface area contributed by atoms with Crippen LogP contribution in [0.5, 0.6) is 5.75 Å². The lowest BCUT2D eigenvalue weighted by molar-refractivity contribution is -0.136. The van der Waals surface area contributed by atoms with Gasteiger partial charge in [-0.2, -0.15) is 0 Å². The Morgan fingerprint density at radius 2 is 1.94 bits per heavy atom. The third-order valence-electron chi connectivity index (χ3n) is 2.00. The Morgan fingerprint density at radius 1 is 1.31 bits per heavy atom. The Morgan fingerprint density at radius 3 is 2.50 bits per heavy atom. The van der Waals surface area contributed by atoms with Crippen LogP contribution in [-0.4, -0.2) is 29.4 Å². The molecule has 1 rings (SSSR count). The SMILES string of the molecule is C=C(C(=O)OCCCO)c1ccc(O)cc1. The first-order valence-electron chi connectivity index (χ1n) is 4.91. The average molecular weight is 222 g/mol. The monoisotopic (exact) mass is 222 g/mol. The summed E-state index contributed by atoms with van der Waals surface area (Å²) in [5, 5.41) is 17.6. The van der Waals surface area contributed by atoms with Crippen LogP contribution < -0.4 is 0 Å². The van der Waals surface area contributed by atoms with E-state index in [2.05, 4.69) is 6.58 Å². The highest BCUT2D eigenvalue weighted by molar-refractivity contribution is 6.15. The van der Waals surface area contributed by atoms with Crippen molar-refractivity contribution in [1.82, 2.24) is 0 Å². The summed E-state index contributed by atoms with van der Waals surface area (Å²) in [6, 6.07) is 6.12.